The number of ether oxygens (including phenoxy) is 1. The summed E-state index contributed by atoms with van der Waals surface area (Å²) in [5.74, 6) is -0.133. The minimum atomic E-state index is -0.324. The third-order valence-corrected chi connectivity index (χ3v) is 2.92. The zero-order valence-electron chi connectivity index (χ0n) is 11.3. The second kappa shape index (κ2) is 5.54. The summed E-state index contributed by atoms with van der Waals surface area (Å²) in [4.78, 5) is 20.4. The first-order chi connectivity index (χ1) is 10.3. The van der Waals surface area contributed by atoms with Crippen molar-refractivity contribution < 1.29 is 9.53 Å². The van der Waals surface area contributed by atoms with Crippen LogP contribution in [0.3, 0.4) is 0 Å². The Hall–Kier alpha value is -3.02. The lowest BCUT2D eigenvalue weighted by Gasteiger charge is -2.03. The van der Waals surface area contributed by atoms with Gasteiger partial charge in [-0.2, -0.15) is 5.10 Å². The highest BCUT2D eigenvalue weighted by Gasteiger charge is 2.19. The molecule has 1 aromatic carbocycles. The highest BCUT2D eigenvalue weighted by Crippen LogP contribution is 2.16. The van der Waals surface area contributed by atoms with Gasteiger partial charge in [0.25, 0.3) is 0 Å². The topological polar surface area (TPSA) is 69.9 Å². The molecule has 2 aromatic heterocycles. The fraction of sp³-hybridized carbons (Fsp3) is 0.0667. The third-order valence-electron chi connectivity index (χ3n) is 2.92. The van der Waals surface area contributed by atoms with Crippen molar-refractivity contribution in [2.75, 3.05) is 7.11 Å². The average Bonchev–Trinajstić information content (AvgIpc) is 3.05. The molecule has 0 bridgehead atoms. The van der Waals surface area contributed by atoms with Crippen molar-refractivity contribution in [2.24, 2.45) is 0 Å². The van der Waals surface area contributed by atoms with Gasteiger partial charge in [-0.05, 0) is 18.2 Å². The minimum Gasteiger partial charge on any atom is -0.479 e. The SMILES string of the molecule is COc1nccnc1C(=O)c1ccn(-c2ccccc2)n1. The van der Waals surface area contributed by atoms with Crippen LogP contribution in [0.1, 0.15) is 16.2 Å². The average molecular weight is 280 g/mol. The maximum absolute atomic E-state index is 12.4. The van der Waals surface area contributed by atoms with E-state index in [-0.39, 0.29) is 23.1 Å². The van der Waals surface area contributed by atoms with Crippen LogP contribution in [0.15, 0.2) is 55.0 Å². The number of hydrogen-bond donors (Lipinski definition) is 0. The van der Waals surface area contributed by atoms with Crippen LogP contribution in [0, 0.1) is 0 Å². The van der Waals surface area contributed by atoms with E-state index < -0.39 is 0 Å². The molecule has 6 heteroatoms. The lowest BCUT2D eigenvalue weighted by Crippen LogP contribution is -2.09. The lowest BCUT2D eigenvalue weighted by atomic mass is 10.2. The van der Waals surface area contributed by atoms with Gasteiger partial charge in [-0.3, -0.25) is 4.79 Å². The highest BCUT2D eigenvalue weighted by atomic mass is 16.5. The van der Waals surface area contributed by atoms with Crippen molar-refractivity contribution in [2.45, 2.75) is 0 Å². The van der Waals surface area contributed by atoms with Crippen molar-refractivity contribution >= 4 is 5.78 Å². The molecule has 3 aromatic rings. The lowest BCUT2D eigenvalue weighted by molar-refractivity contribution is 0.102. The normalized spacial score (nSPS) is 10.3. The van der Waals surface area contributed by atoms with Gasteiger partial charge in [0.15, 0.2) is 5.69 Å². The molecule has 2 heterocycles. The number of para-hydroxylation sites is 1. The molecular formula is C15H12N4O2. The first kappa shape index (κ1) is 13.0. The Morgan fingerprint density at radius 1 is 1.10 bits per heavy atom. The largest absolute Gasteiger partial charge is 0.479 e. The molecule has 0 aliphatic carbocycles. The summed E-state index contributed by atoms with van der Waals surface area (Å²) in [7, 11) is 1.45. The first-order valence-corrected chi connectivity index (χ1v) is 6.30. The van der Waals surface area contributed by atoms with Crippen LogP contribution in [-0.2, 0) is 0 Å². The van der Waals surface area contributed by atoms with Crippen LogP contribution in [-0.4, -0.2) is 32.6 Å². The van der Waals surface area contributed by atoms with E-state index in [4.69, 9.17) is 4.74 Å². The van der Waals surface area contributed by atoms with Gasteiger partial charge < -0.3 is 4.74 Å². The number of aromatic nitrogens is 4. The van der Waals surface area contributed by atoms with Crippen LogP contribution in [0.5, 0.6) is 5.88 Å². The molecule has 0 radical (unpaired) electrons. The quantitative estimate of drug-likeness (QED) is 0.683. The van der Waals surface area contributed by atoms with Crippen molar-refractivity contribution in [3.05, 3.63) is 66.4 Å². The van der Waals surface area contributed by atoms with Crippen molar-refractivity contribution in [3.8, 4) is 11.6 Å². The molecule has 3 rings (SSSR count). The van der Waals surface area contributed by atoms with Crippen molar-refractivity contribution in [3.63, 3.8) is 0 Å². The Morgan fingerprint density at radius 3 is 2.62 bits per heavy atom. The summed E-state index contributed by atoms with van der Waals surface area (Å²) in [6.45, 7) is 0. The van der Waals surface area contributed by atoms with Crippen LogP contribution in [0.2, 0.25) is 0 Å². The summed E-state index contributed by atoms with van der Waals surface area (Å²) >= 11 is 0. The molecule has 0 saturated heterocycles. The Labute approximate surface area is 121 Å². The van der Waals surface area contributed by atoms with E-state index in [0.717, 1.165) is 5.69 Å². The van der Waals surface area contributed by atoms with Crippen molar-refractivity contribution in [1.29, 1.82) is 0 Å². The van der Waals surface area contributed by atoms with Crippen LogP contribution in [0.4, 0.5) is 0 Å². The summed E-state index contributed by atoms with van der Waals surface area (Å²) < 4.78 is 6.69. The zero-order chi connectivity index (χ0) is 14.7. The van der Waals surface area contributed by atoms with Crippen LogP contribution in [0.25, 0.3) is 5.69 Å². The second-order valence-electron chi connectivity index (χ2n) is 4.22. The van der Waals surface area contributed by atoms with Gasteiger partial charge in [0.1, 0.15) is 5.69 Å². The molecule has 0 N–H and O–H groups in total. The number of carbonyl (C=O) groups excluding carboxylic acids is 1. The molecule has 0 unspecified atom stereocenters. The number of hydrogen-bond acceptors (Lipinski definition) is 5. The molecule has 0 aliphatic heterocycles. The van der Waals surface area contributed by atoms with Gasteiger partial charge in [-0.15, -0.1) is 0 Å². The Kier molecular flexibility index (Phi) is 3.42. The van der Waals surface area contributed by atoms with E-state index in [2.05, 4.69) is 15.1 Å². The van der Waals surface area contributed by atoms with E-state index in [1.807, 2.05) is 30.3 Å². The van der Waals surface area contributed by atoms with Gasteiger partial charge in [0.05, 0.1) is 12.8 Å². The number of methoxy groups -OCH3 is 1. The summed E-state index contributed by atoms with van der Waals surface area (Å²) in [5.41, 5.74) is 1.32. The fourth-order valence-corrected chi connectivity index (χ4v) is 1.92. The smallest absolute Gasteiger partial charge is 0.243 e. The molecule has 21 heavy (non-hydrogen) atoms. The highest BCUT2D eigenvalue weighted by molar-refractivity contribution is 6.07. The predicted molar refractivity (Wildman–Crippen MR) is 75.6 cm³/mol. The molecule has 104 valence electrons. The summed E-state index contributed by atoms with van der Waals surface area (Å²) in [5, 5.41) is 4.28. The standard InChI is InChI=1S/C15H12N4O2/c1-21-15-13(16-8-9-17-15)14(20)12-7-10-19(18-12)11-5-3-2-4-6-11/h2-10H,1H3. The molecular weight excluding hydrogens is 268 g/mol. The van der Waals surface area contributed by atoms with E-state index >= 15 is 0 Å². The Bertz CT molecular complexity index is 768. The van der Waals surface area contributed by atoms with Gasteiger partial charge in [0, 0.05) is 18.6 Å². The van der Waals surface area contributed by atoms with Gasteiger partial charge in [-0.25, -0.2) is 14.6 Å². The molecule has 0 atom stereocenters. The molecule has 0 amide bonds. The number of nitrogens with zero attached hydrogens (tertiary/aromatic N) is 4. The molecule has 0 aliphatic rings. The van der Waals surface area contributed by atoms with Gasteiger partial charge in [-0.1, -0.05) is 18.2 Å². The predicted octanol–water partition coefficient (Wildman–Crippen LogP) is 1.90. The maximum atomic E-state index is 12.4. The second-order valence-corrected chi connectivity index (χ2v) is 4.22. The van der Waals surface area contributed by atoms with E-state index in [9.17, 15) is 4.79 Å². The Balaban J connectivity index is 1.95. The van der Waals surface area contributed by atoms with E-state index in [1.54, 1.807) is 16.9 Å². The zero-order valence-corrected chi connectivity index (χ0v) is 11.3. The molecule has 6 nitrogen and oxygen atoms in total. The van der Waals surface area contributed by atoms with E-state index in [0.29, 0.717) is 0 Å². The van der Waals surface area contributed by atoms with Gasteiger partial charge in [0.2, 0.25) is 11.7 Å². The number of benzene rings is 1. The number of rotatable bonds is 4. The van der Waals surface area contributed by atoms with Crippen molar-refractivity contribution in [1.82, 2.24) is 19.7 Å². The fourth-order valence-electron chi connectivity index (χ4n) is 1.92. The Morgan fingerprint density at radius 2 is 1.86 bits per heavy atom. The minimum absolute atomic E-state index is 0.151. The van der Waals surface area contributed by atoms with Crippen LogP contribution < -0.4 is 4.74 Å². The number of carbonyl (C=O) groups is 1. The monoisotopic (exact) mass is 280 g/mol. The molecule has 0 fully saturated rings. The third kappa shape index (κ3) is 2.51. The summed E-state index contributed by atoms with van der Waals surface area (Å²) in [6.07, 6.45) is 4.65. The maximum Gasteiger partial charge on any atom is 0.243 e. The first-order valence-electron chi connectivity index (χ1n) is 6.30. The van der Waals surface area contributed by atoms with Crippen LogP contribution >= 0.6 is 0 Å². The van der Waals surface area contributed by atoms with Gasteiger partial charge >= 0.3 is 0 Å². The molecule has 0 saturated carbocycles. The van der Waals surface area contributed by atoms with E-state index in [1.165, 1.54) is 19.5 Å². The number of ketones is 1. The summed E-state index contributed by atoms with van der Waals surface area (Å²) in [6, 6.07) is 11.2. The molecule has 0 spiro atoms.